The van der Waals surface area contributed by atoms with E-state index in [0.29, 0.717) is 28.7 Å². The summed E-state index contributed by atoms with van der Waals surface area (Å²) in [5, 5.41) is 0. The highest BCUT2D eigenvalue weighted by Crippen LogP contribution is 2.33. The lowest BCUT2D eigenvalue weighted by Gasteiger charge is -2.14. The van der Waals surface area contributed by atoms with E-state index in [9.17, 15) is 8.42 Å². The van der Waals surface area contributed by atoms with Crippen molar-refractivity contribution >= 4 is 15.7 Å². The first kappa shape index (κ1) is 16.7. The van der Waals surface area contributed by atoms with E-state index in [4.69, 9.17) is 4.74 Å². The molecule has 0 radical (unpaired) electrons. The molecule has 0 saturated carbocycles. The third-order valence-corrected chi connectivity index (χ3v) is 5.38. The monoisotopic (exact) mass is 343 g/mol. The number of hydrogen-bond acceptors (Lipinski definition) is 3. The molecule has 0 fully saturated rings. The minimum atomic E-state index is -3.57. The average molecular weight is 343 g/mol. The molecule has 0 N–H and O–H groups in total. The summed E-state index contributed by atoms with van der Waals surface area (Å²) in [6.45, 7) is 6.85. The fourth-order valence-electron chi connectivity index (χ4n) is 2.72. The Labute approximate surface area is 143 Å². The summed E-state index contributed by atoms with van der Waals surface area (Å²) in [4.78, 5) is 0.295. The van der Waals surface area contributed by atoms with Gasteiger partial charge in [-0.3, -0.25) is 0 Å². The fourth-order valence-corrected chi connectivity index (χ4v) is 4.03. The van der Waals surface area contributed by atoms with Gasteiger partial charge in [0, 0.05) is 11.5 Å². The van der Waals surface area contributed by atoms with Crippen LogP contribution in [0.4, 0.5) is 0 Å². The minimum absolute atomic E-state index is 0.109. The molecule has 126 valence electrons. The topological polar surface area (TPSA) is 55.7 Å². The maximum absolute atomic E-state index is 12.2. The van der Waals surface area contributed by atoms with Gasteiger partial charge in [-0.2, -0.15) is 12.8 Å². The molecular weight excluding hydrogens is 322 g/mol. The van der Waals surface area contributed by atoms with Gasteiger partial charge in [0.1, 0.15) is 5.75 Å². The van der Waals surface area contributed by atoms with Crippen molar-refractivity contribution in [2.45, 2.75) is 31.6 Å². The molecule has 2 aromatic rings. The number of hydrogen-bond donors (Lipinski definition) is 0. The number of benzene rings is 2. The minimum Gasteiger partial charge on any atom is -0.493 e. The van der Waals surface area contributed by atoms with Crippen molar-refractivity contribution in [2.75, 3.05) is 6.61 Å². The van der Waals surface area contributed by atoms with Crippen LogP contribution in [0.1, 0.15) is 37.8 Å². The van der Waals surface area contributed by atoms with Gasteiger partial charge in [0.15, 0.2) is 0 Å². The summed E-state index contributed by atoms with van der Waals surface area (Å²) in [5.74, 6) is 1.18. The summed E-state index contributed by atoms with van der Waals surface area (Å²) in [7, 11) is -3.57. The first-order valence-electron chi connectivity index (χ1n) is 8.05. The molecule has 1 unspecified atom stereocenters. The van der Waals surface area contributed by atoms with Gasteiger partial charge in [0.05, 0.1) is 17.2 Å². The SMILES string of the molecule is CC(C)COc1ccc(C(C)C2=NS(=O)(=O)c3ccccc32)cc1. The van der Waals surface area contributed by atoms with E-state index < -0.39 is 10.0 Å². The standard InChI is InChI=1S/C19H21NO3S/c1-13(2)12-23-16-10-8-15(9-11-16)14(3)19-17-6-4-5-7-18(17)24(21,22)20-19/h4-11,13-14H,12H2,1-3H3. The van der Waals surface area contributed by atoms with Crippen molar-refractivity contribution in [3.8, 4) is 5.75 Å². The maximum atomic E-state index is 12.2. The fraction of sp³-hybridized carbons (Fsp3) is 0.316. The summed E-state index contributed by atoms with van der Waals surface area (Å²) < 4.78 is 34.1. The number of nitrogens with zero attached hydrogens (tertiary/aromatic N) is 1. The zero-order chi connectivity index (χ0) is 17.3. The van der Waals surface area contributed by atoms with E-state index in [1.165, 1.54) is 0 Å². The van der Waals surface area contributed by atoms with Gasteiger partial charge >= 0.3 is 0 Å². The van der Waals surface area contributed by atoms with Crippen molar-refractivity contribution in [1.82, 2.24) is 0 Å². The van der Waals surface area contributed by atoms with E-state index in [-0.39, 0.29) is 5.92 Å². The van der Waals surface area contributed by atoms with Crippen LogP contribution in [0.25, 0.3) is 0 Å². The highest BCUT2D eigenvalue weighted by atomic mass is 32.2. The molecule has 0 aliphatic carbocycles. The second kappa shape index (κ2) is 6.40. The predicted octanol–water partition coefficient (Wildman–Crippen LogP) is 4.02. The van der Waals surface area contributed by atoms with Crippen LogP contribution in [0.2, 0.25) is 0 Å². The Kier molecular flexibility index (Phi) is 4.45. The summed E-state index contributed by atoms with van der Waals surface area (Å²) >= 11 is 0. The largest absolute Gasteiger partial charge is 0.493 e. The lowest BCUT2D eigenvalue weighted by molar-refractivity contribution is 0.271. The van der Waals surface area contributed by atoms with Crippen molar-refractivity contribution < 1.29 is 13.2 Å². The molecule has 0 aromatic heterocycles. The molecule has 4 nitrogen and oxygen atoms in total. The predicted molar refractivity (Wildman–Crippen MR) is 95.4 cm³/mol. The van der Waals surface area contributed by atoms with Crippen LogP contribution in [0, 0.1) is 5.92 Å². The van der Waals surface area contributed by atoms with E-state index in [0.717, 1.165) is 11.3 Å². The van der Waals surface area contributed by atoms with Crippen LogP contribution in [-0.2, 0) is 10.0 Å². The number of rotatable bonds is 5. The number of sulfonamides is 1. The van der Waals surface area contributed by atoms with Crippen LogP contribution in [0.3, 0.4) is 0 Å². The lowest BCUT2D eigenvalue weighted by Crippen LogP contribution is -2.09. The summed E-state index contributed by atoms with van der Waals surface area (Å²) in [6, 6.07) is 14.8. The number of fused-ring (bicyclic) bond motifs is 1. The van der Waals surface area contributed by atoms with E-state index >= 15 is 0 Å². The Morgan fingerprint density at radius 1 is 1.00 bits per heavy atom. The molecule has 2 aromatic carbocycles. The van der Waals surface area contributed by atoms with Gasteiger partial charge < -0.3 is 4.74 Å². The smallest absolute Gasteiger partial charge is 0.283 e. The molecule has 1 atom stereocenters. The molecule has 0 bridgehead atoms. The molecule has 3 rings (SSSR count). The van der Waals surface area contributed by atoms with Crippen molar-refractivity contribution in [3.63, 3.8) is 0 Å². The number of ether oxygens (including phenoxy) is 1. The van der Waals surface area contributed by atoms with Gasteiger partial charge in [0.2, 0.25) is 0 Å². The summed E-state index contributed by atoms with van der Waals surface area (Å²) in [6.07, 6.45) is 0. The molecule has 0 saturated heterocycles. The average Bonchev–Trinajstić information content (AvgIpc) is 2.85. The van der Waals surface area contributed by atoms with Gasteiger partial charge in [-0.25, -0.2) is 0 Å². The normalized spacial score (nSPS) is 16.6. The Morgan fingerprint density at radius 3 is 2.33 bits per heavy atom. The molecule has 24 heavy (non-hydrogen) atoms. The molecule has 1 aliphatic rings. The van der Waals surface area contributed by atoms with Crippen LogP contribution >= 0.6 is 0 Å². The quantitative estimate of drug-likeness (QED) is 0.824. The van der Waals surface area contributed by atoms with Gasteiger partial charge in [0.25, 0.3) is 10.0 Å². The lowest BCUT2D eigenvalue weighted by atomic mass is 9.91. The molecule has 5 heteroatoms. The Bertz CT molecular complexity index is 868. The third kappa shape index (κ3) is 3.22. The van der Waals surface area contributed by atoms with Crippen molar-refractivity contribution in [2.24, 2.45) is 10.3 Å². The Morgan fingerprint density at radius 2 is 1.67 bits per heavy atom. The first-order chi connectivity index (χ1) is 11.4. The van der Waals surface area contributed by atoms with Crippen molar-refractivity contribution in [1.29, 1.82) is 0 Å². The van der Waals surface area contributed by atoms with E-state index in [2.05, 4.69) is 18.2 Å². The maximum Gasteiger partial charge on any atom is 0.283 e. The second-order valence-corrected chi connectivity index (χ2v) is 8.02. The van der Waals surface area contributed by atoms with Crippen LogP contribution in [-0.4, -0.2) is 20.7 Å². The molecule has 0 amide bonds. The zero-order valence-electron chi connectivity index (χ0n) is 14.1. The molecule has 1 aliphatic heterocycles. The van der Waals surface area contributed by atoms with Crippen LogP contribution in [0.5, 0.6) is 5.75 Å². The van der Waals surface area contributed by atoms with E-state index in [1.807, 2.05) is 43.3 Å². The van der Waals surface area contributed by atoms with Crippen LogP contribution < -0.4 is 4.74 Å². The Balaban J connectivity index is 1.86. The van der Waals surface area contributed by atoms with Gasteiger partial charge in [-0.1, -0.05) is 51.1 Å². The third-order valence-electron chi connectivity index (χ3n) is 4.03. The van der Waals surface area contributed by atoms with Crippen molar-refractivity contribution in [3.05, 3.63) is 59.7 Å². The molecular formula is C19H21NO3S. The van der Waals surface area contributed by atoms with Crippen LogP contribution in [0.15, 0.2) is 57.8 Å². The molecule has 1 heterocycles. The van der Waals surface area contributed by atoms with E-state index in [1.54, 1.807) is 12.1 Å². The Hall–Kier alpha value is -2.14. The first-order valence-corrected chi connectivity index (χ1v) is 9.49. The van der Waals surface area contributed by atoms with Gasteiger partial charge in [-0.05, 0) is 29.7 Å². The highest BCUT2D eigenvalue weighted by molar-refractivity contribution is 7.90. The zero-order valence-corrected chi connectivity index (χ0v) is 14.9. The van der Waals surface area contributed by atoms with Gasteiger partial charge in [-0.15, -0.1) is 0 Å². The molecule has 0 spiro atoms. The second-order valence-electron chi connectivity index (χ2n) is 6.44. The summed E-state index contributed by atoms with van der Waals surface area (Å²) in [5.41, 5.74) is 2.31. The highest BCUT2D eigenvalue weighted by Gasteiger charge is 2.31.